The number of pyridine rings is 1. The number of carbonyl (C=O) groups excluding carboxylic acids is 3. The first kappa shape index (κ1) is 19.0. The fourth-order valence-corrected chi connectivity index (χ4v) is 4.47. The van der Waals surface area contributed by atoms with Gasteiger partial charge < -0.3 is 10.2 Å². The van der Waals surface area contributed by atoms with Crippen molar-refractivity contribution in [3.63, 3.8) is 0 Å². The zero-order valence-corrected chi connectivity index (χ0v) is 15.8. The van der Waals surface area contributed by atoms with Crippen LogP contribution >= 0.6 is 11.9 Å². The van der Waals surface area contributed by atoms with Gasteiger partial charge in [0.25, 0.3) is 0 Å². The van der Waals surface area contributed by atoms with Crippen molar-refractivity contribution < 1.29 is 14.4 Å². The minimum atomic E-state index is -0.482. The summed E-state index contributed by atoms with van der Waals surface area (Å²) >= 11 is 1.37. The maximum atomic E-state index is 12.7. The van der Waals surface area contributed by atoms with Gasteiger partial charge in [-0.1, -0.05) is 18.0 Å². The predicted molar refractivity (Wildman–Crippen MR) is 101 cm³/mol. The van der Waals surface area contributed by atoms with Crippen molar-refractivity contribution in [1.29, 1.82) is 0 Å². The molecule has 2 saturated heterocycles. The second-order valence-electron chi connectivity index (χ2n) is 6.96. The lowest BCUT2D eigenvalue weighted by Crippen LogP contribution is -2.39. The number of Topliss-reactive ketones (excluding diaryl/α,β-unsaturated/α-hetero) is 2. The first-order valence-corrected chi connectivity index (χ1v) is 9.82. The topological polar surface area (TPSA) is 91.4 Å². The number of rotatable bonds is 5. The molecule has 7 nitrogen and oxygen atoms in total. The molecular weight excluding hydrogens is 352 g/mol. The third-order valence-electron chi connectivity index (χ3n) is 4.99. The van der Waals surface area contributed by atoms with E-state index in [2.05, 4.69) is 27.0 Å². The normalized spacial score (nSPS) is 24.4. The SMILES string of the molecule is CC(=O)C1NSCC1C(=O)Nc1cccc(C(=O)C2CCN(C)CC2)n1. The third-order valence-corrected chi connectivity index (χ3v) is 5.94. The standard InChI is InChI=1S/C18H24N4O3S/c1-11(23)16-13(10-26-21-16)18(25)20-15-5-3-4-14(19-15)17(24)12-6-8-22(2)9-7-12/h3-5,12-13,16,21H,6-10H2,1-2H3,(H,19,20,25). The lowest BCUT2D eigenvalue weighted by Gasteiger charge is -2.27. The number of hydrogen-bond donors (Lipinski definition) is 2. The molecule has 0 radical (unpaired) electrons. The van der Waals surface area contributed by atoms with E-state index in [-0.39, 0.29) is 23.4 Å². The summed E-state index contributed by atoms with van der Waals surface area (Å²) in [7, 11) is 2.06. The highest BCUT2D eigenvalue weighted by atomic mass is 32.2. The Hall–Kier alpha value is -1.77. The number of anilines is 1. The summed E-state index contributed by atoms with van der Waals surface area (Å²) in [6.07, 6.45) is 1.66. The van der Waals surface area contributed by atoms with E-state index in [1.807, 2.05) is 0 Å². The van der Waals surface area contributed by atoms with Gasteiger partial charge in [0.15, 0.2) is 5.78 Å². The third kappa shape index (κ3) is 4.31. The minimum Gasteiger partial charge on any atom is -0.310 e. The molecule has 3 heterocycles. The highest BCUT2D eigenvalue weighted by Gasteiger charge is 2.36. The monoisotopic (exact) mass is 376 g/mol. The van der Waals surface area contributed by atoms with Crippen molar-refractivity contribution in [2.45, 2.75) is 25.8 Å². The molecule has 2 aliphatic rings. The van der Waals surface area contributed by atoms with E-state index in [1.165, 1.54) is 18.9 Å². The molecule has 2 unspecified atom stereocenters. The zero-order valence-electron chi connectivity index (χ0n) is 15.0. The lowest BCUT2D eigenvalue weighted by molar-refractivity contribution is -0.125. The van der Waals surface area contributed by atoms with E-state index in [0.29, 0.717) is 17.3 Å². The number of nitrogens with zero attached hydrogens (tertiary/aromatic N) is 2. The Labute approximate surface area is 157 Å². The Morgan fingerprint density at radius 1 is 1.27 bits per heavy atom. The summed E-state index contributed by atoms with van der Waals surface area (Å²) in [5.74, 6) is 0.162. The van der Waals surface area contributed by atoms with Gasteiger partial charge in [-0.2, -0.15) is 0 Å². The summed E-state index contributed by atoms with van der Waals surface area (Å²) in [6, 6.07) is 4.61. The van der Waals surface area contributed by atoms with Crippen LogP contribution in [0, 0.1) is 11.8 Å². The Kier molecular flexibility index (Phi) is 6.05. The summed E-state index contributed by atoms with van der Waals surface area (Å²) in [5.41, 5.74) is 0.388. The van der Waals surface area contributed by atoms with Gasteiger partial charge in [-0.3, -0.25) is 19.1 Å². The van der Waals surface area contributed by atoms with Crippen molar-refractivity contribution in [3.05, 3.63) is 23.9 Å². The molecule has 2 aliphatic heterocycles. The lowest BCUT2D eigenvalue weighted by atomic mass is 9.91. The van der Waals surface area contributed by atoms with Crippen molar-refractivity contribution in [2.75, 3.05) is 31.2 Å². The van der Waals surface area contributed by atoms with E-state index in [1.54, 1.807) is 18.2 Å². The Bertz CT molecular complexity index is 703. The van der Waals surface area contributed by atoms with E-state index in [9.17, 15) is 14.4 Å². The van der Waals surface area contributed by atoms with Gasteiger partial charge >= 0.3 is 0 Å². The molecule has 2 N–H and O–H groups in total. The average Bonchev–Trinajstić information content (AvgIpc) is 3.12. The Balaban J connectivity index is 1.66. The second-order valence-corrected chi connectivity index (χ2v) is 7.82. The molecule has 0 aromatic carbocycles. The van der Waals surface area contributed by atoms with Crippen LogP contribution in [0.5, 0.6) is 0 Å². The number of amides is 1. The number of hydrogen-bond acceptors (Lipinski definition) is 7. The van der Waals surface area contributed by atoms with Crippen molar-refractivity contribution >= 4 is 35.2 Å². The molecule has 0 bridgehead atoms. The molecule has 1 aromatic heterocycles. The first-order valence-electron chi connectivity index (χ1n) is 8.84. The molecule has 8 heteroatoms. The molecular formula is C18H24N4O3S. The maximum absolute atomic E-state index is 12.7. The van der Waals surface area contributed by atoms with E-state index in [4.69, 9.17) is 0 Å². The van der Waals surface area contributed by atoms with Crippen LogP contribution in [-0.2, 0) is 9.59 Å². The summed E-state index contributed by atoms with van der Waals surface area (Å²) in [6.45, 7) is 3.29. The quantitative estimate of drug-likeness (QED) is 0.592. The molecule has 1 aromatic rings. The number of aromatic nitrogens is 1. The molecule has 140 valence electrons. The summed E-state index contributed by atoms with van der Waals surface area (Å²) < 4.78 is 2.98. The predicted octanol–water partition coefficient (Wildman–Crippen LogP) is 1.37. The van der Waals surface area contributed by atoms with Crippen LogP contribution in [0.3, 0.4) is 0 Å². The molecule has 1 amide bonds. The number of nitrogens with one attached hydrogen (secondary N) is 2. The highest BCUT2D eigenvalue weighted by Crippen LogP contribution is 2.24. The molecule has 0 aliphatic carbocycles. The Morgan fingerprint density at radius 3 is 2.69 bits per heavy atom. The number of likely N-dealkylation sites (tertiary alicyclic amines) is 1. The van der Waals surface area contributed by atoms with Crippen LogP contribution in [0.2, 0.25) is 0 Å². The summed E-state index contributed by atoms with van der Waals surface area (Å²) in [4.78, 5) is 43.4. The highest BCUT2D eigenvalue weighted by molar-refractivity contribution is 7.97. The van der Waals surface area contributed by atoms with Gasteiger partial charge in [-0.15, -0.1) is 0 Å². The van der Waals surface area contributed by atoms with Crippen molar-refractivity contribution in [2.24, 2.45) is 11.8 Å². The zero-order chi connectivity index (χ0) is 18.7. The molecule has 2 fully saturated rings. The smallest absolute Gasteiger partial charge is 0.231 e. The van der Waals surface area contributed by atoms with Gasteiger partial charge in [-0.05, 0) is 52.0 Å². The maximum Gasteiger partial charge on any atom is 0.231 e. The van der Waals surface area contributed by atoms with Gasteiger partial charge in [-0.25, -0.2) is 4.98 Å². The second kappa shape index (κ2) is 8.28. The van der Waals surface area contributed by atoms with Gasteiger partial charge in [0.2, 0.25) is 5.91 Å². The van der Waals surface area contributed by atoms with E-state index >= 15 is 0 Å². The van der Waals surface area contributed by atoms with Crippen LogP contribution in [0.4, 0.5) is 5.82 Å². The van der Waals surface area contributed by atoms with Gasteiger partial charge in [0.1, 0.15) is 17.3 Å². The Morgan fingerprint density at radius 2 is 2.00 bits per heavy atom. The summed E-state index contributed by atoms with van der Waals surface area (Å²) in [5, 5.41) is 2.76. The molecule has 0 saturated carbocycles. The number of ketones is 2. The largest absolute Gasteiger partial charge is 0.310 e. The fraction of sp³-hybridized carbons (Fsp3) is 0.556. The molecule has 0 spiro atoms. The minimum absolute atomic E-state index is 0.0119. The number of carbonyl (C=O) groups is 3. The molecule has 3 rings (SSSR count). The van der Waals surface area contributed by atoms with Crippen molar-refractivity contribution in [3.8, 4) is 0 Å². The fourth-order valence-electron chi connectivity index (χ4n) is 3.34. The van der Waals surface area contributed by atoms with Crippen molar-refractivity contribution in [1.82, 2.24) is 14.6 Å². The first-order chi connectivity index (χ1) is 12.5. The van der Waals surface area contributed by atoms with Gasteiger partial charge in [0.05, 0.1) is 12.0 Å². The van der Waals surface area contributed by atoms with E-state index < -0.39 is 12.0 Å². The molecule has 2 atom stereocenters. The van der Waals surface area contributed by atoms with Crippen LogP contribution in [0.1, 0.15) is 30.3 Å². The van der Waals surface area contributed by atoms with Crippen LogP contribution in [0.25, 0.3) is 0 Å². The van der Waals surface area contributed by atoms with Crippen LogP contribution in [-0.4, -0.2) is 59.3 Å². The molecule has 26 heavy (non-hydrogen) atoms. The van der Waals surface area contributed by atoms with E-state index in [0.717, 1.165) is 25.9 Å². The van der Waals surface area contributed by atoms with Gasteiger partial charge in [0, 0.05) is 11.7 Å². The van der Waals surface area contributed by atoms with Crippen LogP contribution in [0.15, 0.2) is 18.2 Å². The van der Waals surface area contributed by atoms with Crippen LogP contribution < -0.4 is 10.0 Å². The average molecular weight is 376 g/mol. The number of piperidine rings is 1.